The van der Waals surface area contributed by atoms with Gasteiger partial charge in [0.15, 0.2) is 5.78 Å². The predicted molar refractivity (Wildman–Crippen MR) is 497 cm³/mol. The van der Waals surface area contributed by atoms with Crippen LogP contribution in [0.3, 0.4) is 0 Å². The molecule has 0 aliphatic rings. The second-order valence-corrected chi connectivity index (χ2v) is 36.3. The minimum Gasteiger partial charge on any atom is -0.489 e. The van der Waals surface area contributed by atoms with Crippen molar-refractivity contribution in [2.24, 2.45) is 35.5 Å². The maximum absolute atomic E-state index is 13.6. The highest BCUT2D eigenvalue weighted by atomic mass is 35.5. The van der Waals surface area contributed by atoms with E-state index in [1.165, 1.54) is 67.4 Å². The second-order valence-electron chi connectivity index (χ2n) is 34.2. The minimum atomic E-state index is -0.339. The van der Waals surface area contributed by atoms with Gasteiger partial charge in [-0.15, -0.1) is 11.3 Å². The highest BCUT2D eigenvalue weighted by molar-refractivity contribution is 7.13. The minimum absolute atomic E-state index is 0.131. The van der Waals surface area contributed by atoms with Gasteiger partial charge in [0, 0.05) is 27.5 Å². The van der Waals surface area contributed by atoms with Crippen LogP contribution < -0.4 is 14.2 Å². The Labute approximate surface area is 714 Å². The Morgan fingerprint density at radius 3 is 1.31 bits per heavy atom. The van der Waals surface area contributed by atoms with E-state index in [-0.39, 0.29) is 29.0 Å². The molecule has 0 N–H and O–H groups in total. The molecule has 0 unspecified atom stereocenters. The van der Waals surface area contributed by atoms with Gasteiger partial charge in [-0.3, -0.25) is 4.79 Å². The molecule has 1 heterocycles. The quantitative estimate of drug-likeness (QED) is 0.0422. The highest BCUT2D eigenvalue weighted by Gasteiger charge is 2.21. The van der Waals surface area contributed by atoms with Gasteiger partial charge < -0.3 is 14.2 Å². The lowest BCUT2D eigenvalue weighted by molar-refractivity contribution is 0.103. The van der Waals surface area contributed by atoms with Crippen LogP contribution in [0.5, 0.6) is 23.0 Å². The molecule has 5 nitrogen and oxygen atoms in total. The number of hydrogen-bond acceptors (Lipinski definition) is 6. The van der Waals surface area contributed by atoms with Crippen molar-refractivity contribution in [1.29, 1.82) is 0 Å². The van der Waals surface area contributed by atoms with Gasteiger partial charge in [0.05, 0.1) is 26.3 Å². The molecule has 0 fully saturated rings. The van der Waals surface area contributed by atoms with Gasteiger partial charge >= 0.3 is 0 Å². The number of carbonyl (C=O) groups excluding carboxylic acids is 1. The summed E-state index contributed by atoms with van der Waals surface area (Å²) >= 11 is 20.3. The summed E-state index contributed by atoms with van der Waals surface area (Å²) in [6.45, 7) is 40.6. The summed E-state index contributed by atoms with van der Waals surface area (Å²) in [7, 11) is 0. The van der Waals surface area contributed by atoms with E-state index in [4.69, 9.17) is 54.0 Å². The molecular formula is C106H123Cl3FNO4S. The smallest absolute Gasteiger partial charge is 0.196 e. The Balaban J connectivity index is 0.000000193. The summed E-state index contributed by atoms with van der Waals surface area (Å²) in [5, 5.41) is 4.57. The predicted octanol–water partition coefficient (Wildman–Crippen LogP) is 31.5. The van der Waals surface area contributed by atoms with E-state index in [1.807, 2.05) is 78.9 Å². The third-order valence-electron chi connectivity index (χ3n) is 18.4. The van der Waals surface area contributed by atoms with Gasteiger partial charge in [-0.05, 0) is 202 Å². The summed E-state index contributed by atoms with van der Waals surface area (Å²) in [6.07, 6.45) is 10.7. The van der Waals surface area contributed by atoms with Gasteiger partial charge in [0.25, 0.3) is 0 Å². The first-order valence-electron chi connectivity index (χ1n) is 41.0. The number of halogens is 4. The van der Waals surface area contributed by atoms with E-state index < -0.39 is 0 Å². The molecule has 116 heavy (non-hydrogen) atoms. The SMILES string of the molecule is CC(C)Cc1ccc(-c2nc(C(C)(C)C)cs2)cc1.CC(C)Cc1ccc(/C=C/c2ccccc2)cc1.CC(C)Cc1ccc(Cl)c(C(=O)c2ccccc2)c1Cl.CC(C)Cc1ccc(OCc2c(F)cccc2Cl)cc1.CC(C)Cc1ccc(OCc2ccccc2)cc1.CC(C)Cc1cccc(Oc2ccc(C(C)(C)C)cc2)c1. The molecule has 12 aromatic rings. The van der Waals surface area contributed by atoms with Crippen molar-refractivity contribution < 1.29 is 23.4 Å². The number of thiazole rings is 1. The van der Waals surface area contributed by atoms with Crippen LogP contribution in [-0.4, -0.2) is 10.8 Å². The molecule has 0 aliphatic carbocycles. The van der Waals surface area contributed by atoms with Crippen molar-refractivity contribution in [3.63, 3.8) is 0 Å². The number of carbonyl (C=O) groups is 1. The molecule has 0 radical (unpaired) electrons. The number of benzene rings is 11. The number of ketones is 1. The zero-order valence-electron chi connectivity index (χ0n) is 71.8. The molecule has 11 aromatic carbocycles. The van der Waals surface area contributed by atoms with Gasteiger partial charge in [-0.25, -0.2) is 9.37 Å². The van der Waals surface area contributed by atoms with Crippen LogP contribution in [0.15, 0.2) is 272 Å². The first-order chi connectivity index (χ1) is 55.2. The van der Waals surface area contributed by atoms with Crippen LogP contribution in [0.1, 0.15) is 207 Å². The van der Waals surface area contributed by atoms with Gasteiger partial charge in [0.2, 0.25) is 0 Å². The maximum Gasteiger partial charge on any atom is 0.196 e. The fourth-order valence-corrected chi connectivity index (χ4v) is 14.3. The topological polar surface area (TPSA) is 57.7 Å². The van der Waals surface area contributed by atoms with Crippen LogP contribution in [-0.2, 0) is 62.6 Å². The van der Waals surface area contributed by atoms with Crippen molar-refractivity contribution in [3.8, 4) is 33.6 Å². The standard InChI is InChI=1S/C20H26O.C18H20.C17H16Cl2O.C17H18ClFO.C17H23NS.C17H20O/c1-15(2)13-16-7-6-8-19(14-16)21-18-11-9-17(10-12-18)20(3,4)5;1-15(2)14-18-12-10-17(11-13-18)9-8-16-6-4-3-5-7-16;1-11(2)10-13-8-9-14(18)15(16(13)19)17(20)12-6-4-3-5-7-12;1-12(2)10-13-6-8-14(9-7-13)20-11-15-16(18)4-3-5-17(15)19;1-12(2)10-13-6-8-14(9-7-13)16-18-15(11-19-16)17(3,4)5;1-14(2)12-15-8-10-17(11-9-15)18-13-16-6-4-3-5-7-16/h6-12,14-15H,13H2,1-5H3;3-13,15H,14H2,1-2H3;3-9,11H,10H2,1-2H3;3-9,12H,10-11H2,1-2H3;6-9,11-12H,10H2,1-5H3;3-11,14H,12-13H2,1-2H3/b;9-8+;;;;. The van der Waals surface area contributed by atoms with E-state index in [2.05, 4.69) is 294 Å². The lowest BCUT2D eigenvalue weighted by atomic mass is 9.87. The van der Waals surface area contributed by atoms with Crippen LogP contribution in [0.4, 0.5) is 4.39 Å². The van der Waals surface area contributed by atoms with Crippen LogP contribution >= 0.6 is 46.1 Å². The Hall–Kier alpha value is -9.34. The number of nitrogens with zero attached hydrogens (tertiary/aromatic N) is 1. The fraction of sp³-hybridized carbons (Fsp3) is 0.321. The largest absolute Gasteiger partial charge is 0.489 e. The van der Waals surface area contributed by atoms with Crippen molar-refractivity contribution in [2.75, 3.05) is 0 Å². The van der Waals surface area contributed by atoms with Crippen molar-refractivity contribution in [3.05, 3.63) is 371 Å². The zero-order chi connectivity index (χ0) is 84.3. The average Bonchev–Trinajstić information content (AvgIpc) is 1.76. The Morgan fingerprint density at radius 1 is 0.405 bits per heavy atom. The third-order valence-corrected chi connectivity index (χ3v) is 20.4. The van der Waals surface area contributed by atoms with E-state index >= 15 is 0 Å². The second kappa shape index (κ2) is 47.8. The molecule has 0 bridgehead atoms. The Bertz CT molecular complexity index is 4830. The summed E-state index contributed by atoms with van der Waals surface area (Å²) in [5.74, 6) is 6.86. The van der Waals surface area contributed by atoms with Gasteiger partial charge in [-0.2, -0.15) is 0 Å². The Morgan fingerprint density at radius 2 is 0.836 bits per heavy atom. The highest BCUT2D eigenvalue weighted by Crippen LogP contribution is 2.34. The molecule has 0 atom stereocenters. The van der Waals surface area contributed by atoms with Crippen LogP contribution in [0, 0.1) is 41.3 Å². The fourth-order valence-electron chi connectivity index (χ4n) is 12.5. The van der Waals surface area contributed by atoms with Crippen molar-refractivity contribution in [2.45, 2.75) is 187 Å². The molecule has 12 rings (SSSR count). The summed E-state index contributed by atoms with van der Waals surface area (Å²) in [6, 6.07) is 88.7. The molecule has 0 aliphatic heterocycles. The van der Waals surface area contributed by atoms with E-state index in [0.717, 1.165) is 78.0 Å². The summed E-state index contributed by atoms with van der Waals surface area (Å²) in [4.78, 5) is 17.3. The van der Waals surface area contributed by atoms with Crippen LogP contribution in [0.2, 0.25) is 15.1 Å². The monoisotopic (exact) mass is 1630 g/mol. The first kappa shape index (κ1) is 93.8. The van der Waals surface area contributed by atoms with E-state index in [1.54, 1.807) is 41.7 Å². The van der Waals surface area contributed by atoms with E-state index in [9.17, 15) is 9.18 Å². The summed E-state index contributed by atoms with van der Waals surface area (Å²) < 4.78 is 30.9. The van der Waals surface area contributed by atoms with Crippen molar-refractivity contribution in [1.82, 2.24) is 4.98 Å². The van der Waals surface area contributed by atoms with Crippen LogP contribution in [0.25, 0.3) is 22.7 Å². The lowest BCUT2D eigenvalue weighted by Gasteiger charge is -2.19. The first-order valence-corrected chi connectivity index (χ1v) is 43.0. The van der Waals surface area contributed by atoms with Gasteiger partial charge in [0.1, 0.15) is 47.0 Å². The number of ether oxygens (including phenoxy) is 3. The maximum atomic E-state index is 13.6. The number of aromatic nitrogens is 1. The molecule has 0 spiro atoms. The lowest BCUT2D eigenvalue weighted by Crippen LogP contribution is -2.11. The molecule has 610 valence electrons. The number of rotatable bonds is 25. The van der Waals surface area contributed by atoms with Gasteiger partial charge in [-0.1, -0.05) is 372 Å². The Kier molecular flexibility index (Phi) is 38.6. The molecular weight excluding hydrogens is 1510 g/mol. The molecule has 1 aromatic heterocycles. The molecule has 0 saturated heterocycles. The molecule has 0 amide bonds. The average molecular weight is 1630 g/mol. The third kappa shape index (κ3) is 34.1. The normalized spacial score (nSPS) is 11.2. The zero-order valence-corrected chi connectivity index (χ0v) is 74.8. The molecule has 10 heteroatoms. The van der Waals surface area contributed by atoms with E-state index in [0.29, 0.717) is 68.0 Å². The van der Waals surface area contributed by atoms with Crippen molar-refractivity contribution >= 4 is 64.1 Å². The summed E-state index contributed by atoms with van der Waals surface area (Å²) in [5.41, 5.74) is 16.9. The number of hydrogen-bond donors (Lipinski definition) is 0. The molecule has 0 saturated carbocycles.